The minimum Gasteiger partial charge on any atom is -0.298 e. The van der Waals surface area contributed by atoms with E-state index < -0.39 is 4.92 Å². The molecule has 2 aromatic rings. The van der Waals surface area contributed by atoms with E-state index in [9.17, 15) is 14.9 Å². The van der Waals surface area contributed by atoms with Crippen molar-refractivity contribution in [1.82, 2.24) is 0 Å². The molecule has 0 aliphatic heterocycles. The molecule has 4 nitrogen and oxygen atoms in total. The van der Waals surface area contributed by atoms with Crippen molar-refractivity contribution in [2.45, 2.75) is 23.1 Å². The molecule has 0 aliphatic rings. The van der Waals surface area contributed by atoms with Gasteiger partial charge in [0, 0.05) is 16.5 Å². The van der Waals surface area contributed by atoms with Gasteiger partial charge in [0.25, 0.3) is 5.69 Å². The van der Waals surface area contributed by atoms with Crippen LogP contribution in [0.15, 0.2) is 52.3 Å². The summed E-state index contributed by atoms with van der Waals surface area (Å²) in [5.74, 6) is 0. The van der Waals surface area contributed by atoms with Crippen LogP contribution in [0.3, 0.4) is 0 Å². The lowest BCUT2D eigenvalue weighted by Gasteiger charge is -2.04. The molecule has 2 aromatic carbocycles. The summed E-state index contributed by atoms with van der Waals surface area (Å²) in [4.78, 5) is 22.8. The van der Waals surface area contributed by atoms with Crippen molar-refractivity contribution in [2.24, 2.45) is 0 Å². The van der Waals surface area contributed by atoms with E-state index in [1.54, 1.807) is 12.1 Å². The first-order valence-electron chi connectivity index (χ1n) is 6.14. The predicted octanol–water partition coefficient (Wildman–Crippen LogP) is 4.12. The molecule has 0 saturated carbocycles. The van der Waals surface area contributed by atoms with Gasteiger partial charge < -0.3 is 0 Å². The van der Waals surface area contributed by atoms with Crippen LogP contribution in [0, 0.1) is 10.1 Å². The highest BCUT2D eigenvalue weighted by atomic mass is 32.2. The molecule has 20 heavy (non-hydrogen) atoms. The zero-order valence-electron chi connectivity index (χ0n) is 10.9. The Labute approximate surface area is 121 Å². The van der Waals surface area contributed by atoms with Gasteiger partial charge in [-0.1, -0.05) is 36.9 Å². The first-order valence-corrected chi connectivity index (χ1v) is 6.96. The number of aldehydes is 1. The molecule has 0 spiro atoms. The van der Waals surface area contributed by atoms with Gasteiger partial charge in [0.1, 0.15) is 6.29 Å². The molecule has 0 aliphatic carbocycles. The summed E-state index contributed by atoms with van der Waals surface area (Å²) in [6.07, 6.45) is 1.57. The van der Waals surface area contributed by atoms with E-state index in [0.29, 0.717) is 16.7 Å². The molecule has 102 valence electrons. The van der Waals surface area contributed by atoms with Gasteiger partial charge >= 0.3 is 0 Å². The zero-order chi connectivity index (χ0) is 14.5. The van der Waals surface area contributed by atoms with E-state index in [-0.39, 0.29) is 5.69 Å². The molecule has 0 amide bonds. The fourth-order valence-corrected chi connectivity index (χ4v) is 2.66. The number of carbonyl (C=O) groups is 1. The SMILES string of the molecule is CCc1ccc(Sc2ccc(C=O)cc2[N+](=O)[O-])cc1. The molecule has 0 atom stereocenters. The van der Waals surface area contributed by atoms with Crippen LogP contribution < -0.4 is 0 Å². The average Bonchev–Trinajstić information content (AvgIpc) is 2.48. The second-order valence-corrected chi connectivity index (χ2v) is 5.32. The van der Waals surface area contributed by atoms with Crippen molar-refractivity contribution in [3.8, 4) is 0 Å². The van der Waals surface area contributed by atoms with Crippen LogP contribution in [-0.2, 0) is 6.42 Å². The van der Waals surface area contributed by atoms with Crippen molar-refractivity contribution in [2.75, 3.05) is 0 Å². The maximum absolute atomic E-state index is 11.1. The standard InChI is InChI=1S/C15H13NO3S/c1-2-11-3-6-13(7-4-11)20-15-8-5-12(10-17)9-14(15)16(18)19/h3-10H,2H2,1H3. The molecule has 0 fully saturated rings. The van der Waals surface area contributed by atoms with Gasteiger partial charge in [0.15, 0.2) is 0 Å². The number of carbonyl (C=O) groups excluding carboxylic acids is 1. The second kappa shape index (κ2) is 6.34. The van der Waals surface area contributed by atoms with Crippen molar-refractivity contribution in [1.29, 1.82) is 0 Å². The van der Waals surface area contributed by atoms with Crippen molar-refractivity contribution >= 4 is 23.7 Å². The highest BCUT2D eigenvalue weighted by molar-refractivity contribution is 7.99. The Morgan fingerprint density at radius 2 is 1.90 bits per heavy atom. The number of nitro benzene ring substituents is 1. The number of hydrogen-bond acceptors (Lipinski definition) is 4. The molecule has 0 bridgehead atoms. The topological polar surface area (TPSA) is 60.2 Å². The van der Waals surface area contributed by atoms with Crippen molar-refractivity contribution in [3.05, 3.63) is 63.7 Å². The van der Waals surface area contributed by atoms with E-state index in [2.05, 4.69) is 6.92 Å². The van der Waals surface area contributed by atoms with Gasteiger partial charge in [-0.05, 0) is 30.2 Å². The fourth-order valence-electron chi connectivity index (χ4n) is 1.76. The molecule has 5 heteroatoms. The quantitative estimate of drug-likeness (QED) is 0.471. The molecule has 0 radical (unpaired) electrons. The Hall–Kier alpha value is -2.14. The summed E-state index contributed by atoms with van der Waals surface area (Å²) in [6.45, 7) is 2.07. The van der Waals surface area contributed by atoms with Gasteiger partial charge in [-0.25, -0.2) is 0 Å². The lowest BCUT2D eigenvalue weighted by Crippen LogP contribution is -1.93. The minimum atomic E-state index is -0.463. The van der Waals surface area contributed by atoms with Crippen LogP contribution in [0.5, 0.6) is 0 Å². The van der Waals surface area contributed by atoms with Gasteiger partial charge in [-0.3, -0.25) is 14.9 Å². The monoisotopic (exact) mass is 287 g/mol. The third-order valence-corrected chi connectivity index (χ3v) is 3.95. The van der Waals surface area contributed by atoms with Gasteiger partial charge in [0.05, 0.1) is 9.82 Å². The third kappa shape index (κ3) is 3.24. The fraction of sp³-hybridized carbons (Fsp3) is 0.133. The Morgan fingerprint density at radius 3 is 2.45 bits per heavy atom. The van der Waals surface area contributed by atoms with E-state index in [4.69, 9.17) is 0 Å². The van der Waals surface area contributed by atoms with Crippen molar-refractivity contribution in [3.63, 3.8) is 0 Å². The summed E-state index contributed by atoms with van der Waals surface area (Å²) < 4.78 is 0. The van der Waals surface area contributed by atoms with E-state index >= 15 is 0 Å². The Balaban J connectivity index is 2.32. The van der Waals surface area contributed by atoms with Crippen LogP contribution in [0.25, 0.3) is 0 Å². The molecular weight excluding hydrogens is 274 g/mol. The number of hydrogen-bond donors (Lipinski definition) is 0. The summed E-state index contributed by atoms with van der Waals surface area (Å²) >= 11 is 1.32. The number of benzene rings is 2. The maximum Gasteiger partial charge on any atom is 0.283 e. The molecule has 2 rings (SSSR count). The molecule has 0 N–H and O–H groups in total. The molecule has 0 saturated heterocycles. The Morgan fingerprint density at radius 1 is 1.20 bits per heavy atom. The van der Waals surface area contributed by atoms with Crippen LogP contribution in [0.4, 0.5) is 5.69 Å². The van der Waals surface area contributed by atoms with E-state index in [0.717, 1.165) is 11.3 Å². The zero-order valence-corrected chi connectivity index (χ0v) is 11.7. The van der Waals surface area contributed by atoms with Gasteiger partial charge in [0.2, 0.25) is 0 Å². The third-order valence-electron chi connectivity index (χ3n) is 2.88. The molecule has 0 aromatic heterocycles. The highest BCUT2D eigenvalue weighted by Crippen LogP contribution is 2.35. The van der Waals surface area contributed by atoms with E-state index in [1.165, 1.54) is 23.4 Å². The first kappa shape index (κ1) is 14.3. The number of aryl methyl sites for hydroxylation is 1. The molecular formula is C15H13NO3S. The largest absolute Gasteiger partial charge is 0.298 e. The summed E-state index contributed by atoms with van der Waals surface area (Å²) in [7, 11) is 0. The predicted molar refractivity (Wildman–Crippen MR) is 78.4 cm³/mol. The minimum absolute atomic E-state index is 0.0424. The number of nitrogens with zero attached hydrogens (tertiary/aromatic N) is 1. The highest BCUT2D eigenvalue weighted by Gasteiger charge is 2.15. The lowest BCUT2D eigenvalue weighted by atomic mass is 10.2. The second-order valence-electron chi connectivity index (χ2n) is 4.20. The maximum atomic E-state index is 11.1. The molecule has 0 heterocycles. The van der Waals surface area contributed by atoms with Crippen LogP contribution in [0.2, 0.25) is 0 Å². The lowest BCUT2D eigenvalue weighted by molar-refractivity contribution is -0.387. The van der Waals surface area contributed by atoms with Crippen LogP contribution in [-0.4, -0.2) is 11.2 Å². The van der Waals surface area contributed by atoms with Gasteiger partial charge in [-0.2, -0.15) is 0 Å². The summed E-state index contributed by atoms with van der Waals surface area (Å²) in [5, 5.41) is 11.1. The van der Waals surface area contributed by atoms with E-state index in [1.807, 2.05) is 24.3 Å². The van der Waals surface area contributed by atoms with Crippen LogP contribution >= 0.6 is 11.8 Å². The number of nitro groups is 1. The summed E-state index contributed by atoms with van der Waals surface area (Å²) in [6, 6.07) is 12.4. The molecule has 0 unspecified atom stereocenters. The Kier molecular flexibility index (Phi) is 4.53. The van der Waals surface area contributed by atoms with Crippen LogP contribution in [0.1, 0.15) is 22.8 Å². The first-order chi connectivity index (χ1) is 9.63. The number of rotatable bonds is 5. The summed E-state index contributed by atoms with van der Waals surface area (Å²) in [5.41, 5.74) is 1.49. The average molecular weight is 287 g/mol. The van der Waals surface area contributed by atoms with Gasteiger partial charge in [-0.15, -0.1) is 0 Å². The van der Waals surface area contributed by atoms with Crippen molar-refractivity contribution < 1.29 is 9.72 Å². The Bertz CT molecular complexity index is 638. The normalized spacial score (nSPS) is 10.2. The smallest absolute Gasteiger partial charge is 0.283 e.